The lowest BCUT2D eigenvalue weighted by Crippen LogP contribution is -2.28. The minimum absolute atomic E-state index is 0.218. The number of fused-ring (bicyclic) bond motifs is 2. The maximum Gasteiger partial charge on any atom is 0.165 e. The topological polar surface area (TPSA) is 42.7 Å². The molecule has 2 aromatic heterocycles. The Kier molecular flexibility index (Phi) is 6.65. The molecule has 0 saturated carbocycles. The molecule has 5 rings (SSSR count). The molecule has 35 heavy (non-hydrogen) atoms. The first-order chi connectivity index (χ1) is 17.0. The molecule has 1 aliphatic rings. The van der Waals surface area contributed by atoms with Crippen molar-refractivity contribution in [1.82, 2.24) is 14.6 Å². The van der Waals surface area contributed by atoms with Gasteiger partial charge in [0, 0.05) is 29.9 Å². The number of halogens is 2. The minimum atomic E-state index is -0.218. The Morgan fingerprint density at radius 1 is 1.14 bits per heavy atom. The van der Waals surface area contributed by atoms with Crippen LogP contribution < -0.4 is 9.64 Å². The summed E-state index contributed by atoms with van der Waals surface area (Å²) >= 11 is 6.69. The molecule has 182 valence electrons. The predicted molar refractivity (Wildman–Crippen MR) is 139 cm³/mol. The summed E-state index contributed by atoms with van der Waals surface area (Å²) in [6, 6.07) is 12.5. The van der Waals surface area contributed by atoms with Gasteiger partial charge in [0.2, 0.25) is 0 Å². The van der Waals surface area contributed by atoms with E-state index in [0.29, 0.717) is 17.3 Å². The van der Waals surface area contributed by atoms with E-state index in [1.807, 2.05) is 41.8 Å². The molecule has 2 aromatic carbocycles. The van der Waals surface area contributed by atoms with Gasteiger partial charge in [-0.25, -0.2) is 9.37 Å². The lowest BCUT2D eigenvalue weighted by molar-refractivity contribution is 0.415. The van der Waals surface area contributed by atoms with Gasteiger partial charge in [0.25, 0.3) is 0 Å². The number of rotatable bonds is 8. The van der Waals surface area contributed by atoms with Crippen molar-refractivity contribution >= 4 is 23.1 Å². The normalized spacial score (nSPS) is 12.8. The van der Waals surface area contributed by atoms with E-state index in [1.54, 1.807) is 7.11 Å². The van der Waals surface area contributed by atoms with Crippen LogP contribution in [0.4, 0.5) is 10.2 Å². The smallest absolute Gasteiger partial charge is 0.165 e. The van der Waals surface area contributed by atoms with Crippen molar-refractivity contribution in [1.29, 1.82) is 0 Å². The largest absolute Gasteiger partial charge is 0.497 e. The molecule has 7 heteroatoms. The van der Waals surface area contributed by atoms with Gasteiger partial charge in [-0.15, -0.1) is 0 Å². The van der Waals surface area contributed by atoms with Crippen LogP contribution in [0.5, 0.6) is 5.75 Å². The van der Waals surface area contributed by atoms with E-state index >= 15 is 0 Å². The van der Waals surface area contributed by atoms with Crippen LogP contribution in [0.3, 0.4) is 0 Å². The molecule has 2 heterocycles. The molecule has 1 aliphatic carbocycles. The first kappa shape index (κ1) is 23.6. The van der Waals surface area contributed by atoms with Crippen LogP contribution in [-0.4, -0.2) is 28.3 Å². The standard InChI is InChI=1S/C28H30ClFN4O/c1-4-5-15-33(17-19-9-11-20(30)12-10-19)28-23-7-6-8-25(23)31-27-26(18(2)32-34(27)28)22-14-13-21(35-3)16-24(22)29/h9-14,16H,4-8,15,17H2,1-3H3. The third-order valence-corrected chi connectivity index (χ3v) is 7.06. The summed E-state index contributed by atoms with van der Waals surface area (Å²) in [6.45, 7) is 5.78. The first-order valence-electron chi connectivity index (χ1n) is 12.2. The number of hydrogen-bond acceptors (Lipinski definition) is 4. The van der Waals surface area contributed by atoms with Crippen molar-refractivity contribution in [3.63, 3.8) is 0 Å². The maximum absolute atomic E-state index is 13.6. The molecule has 0 radical (unpaired) electrons. The van der Waals surface area contributed by atoms with Gasteiger partial charge < -0.3 is 9.64 Å². The molecule has 0 saturated heterocycles. The SMILES string of the molecule is CCCCN(Cc1ccc(F)cc1)c1c2c(nc3c(-c4ccc(OC)cc4Cl)c(C)nn13)CCC2. The summed E-state index contributed by atoms with van der Waals surface area (Å²) in [6.07, 6.45) is 5.16. The Morgan fingerprint density at radius 3 is 2.66 bits per heavy atom. The van der Waals surface area contributed by atoms with E-state index in [1.165, 1.54) is 17.7 Å². The van der Waals surface area contributed by atoms with Crippen molar-refractivity contribution in [2.75, 3.05) is 18.6 Å². The van der Waals surface area contributed by atoms with E-state index in [2.05, 4.69) is 11.8 Å². The van der Waals surface area contributed by atoms with Gasteiger partial charge in [-0.1, -0.05) is 37.1 Å². The van der Waals surface area contributed by atoms with Gasteiger partial charge in [0.15, 0.2) is 5.65 Å². The Morgan fingerprint density at radius 2 is 1.94 bits per heavy atom. The second-order valence-corrected chi connectivity index (χ2v) is 9.56. The predicted octanol–water partition coefficient (Wildman–Crippen LogP) is 6.80. The molecule has 0 spiro atoms. The molecule has 0 aliphatic heterocycles. The van der Waals surface area contributed by atoms with Gasteiger partial charge in [0.1, 0.15) is 17.4 Å². The highest BCUT2D eigenvalue weighted by molar-refractivity contribution is 6.33. The van der Waals surface area contributed by atoms with Gasteiger partial charge in [-0.3, -0.25) is 0 Å². The zero-order valence-electron chi connectivity index (χ0n) is 20.4. The van der Waals surface area contributed by atoms with Gasteiger partial charge >= 0.3 is 0 Å². The fourth-order valence-electron chi connectivity index (χ4n) is 5.00. The fourth-order valence-corrected chi connectivity index (χ4v) is 5.26. The van der Waals surface area contributed by atoms with E-state index in [9.17, 15) is 4.39 Å². The minimum Gasteiger partial charge on any atom is -0.497 e. The maximum atomic E-state index is 13.6. The van der Waals surface area contributed by atoms with Crippen LogP contribution in [0.2, 0.25) is 5.02 Å². The van der Waals surface area contributed by atoms with Gasteiger partial charge in [-0.05, 0) is 68.5 Å². The molecule has 0 N–H and O–H groups in total. The van der Waals surface area contributed by atoms with E-state index in [0.717, 1.165) is 78.2 Å². The van der Waals surface area contributed by atoms with Crippen LogP contribution in [0.1, 0.15) is 48.7 Å². The number of methoxy groups -OCH3 is 1. The fraction of sp³-hybridized carbons (Fsp3) is 0.357. The third kappa shape index (κ3) is 4.47. The zero-order chi connectivity index (χ0) is 24.5. The third-order valence-electron chi connectivity index (χ3n) is 6.75. The van der Waals surface area contributed by atoms with E-state index in [4.69, 9.17) is 26.4 Å². The molecule has 4 aromatic rings. The number of anilines is 1. The highest BCUT2D eigenvalue weighted by Crippen LogP contribution is 2.39. The van der Waals surface area contributed by atoms with Crippen molar-refractivity contribution in [3.8, 4) is 16.9 Å². The average Bonchev–Trinajstić information content (AvgIpc) is 3.45. The second-order valence-electron chi connectivity index (χ2n) is 9.16. The molecule has 0 unspecified atom stereocenters. The van der Waals surface area contributed by atoms with Crippen LogP contribution in [0.25, 0.3) is 16.8 Å². The Balaban J connectivity index is 1.69. The van der Waals surface area contributed by atoms with Crippen LogP contribution in [0.15, 0.2) is 42.5 Å². The number of hydrogen-bond donors (Lipinski definition) is 0. The summed E-state index contributed by atoms with van der Waals surface area (Å²) in [5, 5.41) is 5.61. The Bertz CT molecular complexity index is 1370. The number of benzene rings is 2. The summed E-state index contributed by atoms with van der Waals surface area (Å²) in [5.41, 5.74) is 7.03. The lowest BCUT2D eigenvalue weighted by atomic mass is 10.1. The van der Waals surface area contributed by atoms with E-state index in [-0.39, 0.29) is 5.82 Å². The highest BCUT2D eigenvalue weighted by atomic mass is 35.5. The number of unbranched alkanes of at least 4 members (excludes halogenated alkanes) is 1. The molecule has 0 amide bonds. The number of ether oxygens (including phenoxy) is 1. The zero-order valence-corrected chi connectivity index (χ0v) is 21.2. The van der Waals surface area contributed by atoms with Crippen molar-refractivity contribution in [3.05, 3.63) is 75.8 Å². The first-order valence-corrected chi connectivity index (χ1v) is 12.6. The monoisotopic (exact) mass is 492 g/mol. The second kappa shape index (κ2) is 9.86. The average molecular weight is 493 g/mol. The van der Waals surface area contributed by atoms with Crippen molar-refractivity contribution < 1.29 is 9.13 Å². The van der Waals surface area contributed by atoms with Crippen LogP contribution in [-0.2, 0) is 19.4 Å². The summed E-state index contributed by atoms with van der Waals surface area (Å²) in [7, 11) is 1.63. The molecule has 0 fully saturated rings. The van der Waals surface area contributed by atoms with Gasteiger partial charge in [-0.2, -0.15) is 9.61 Å². The Labute approximate surface area is 210 Å². The number of aryl methyl sites for hydroxylation is 2. The van der Waals surface area contributed by atoms with Crippen molar-refractivity contribution in [2.45, 2.75) is 52.5 Å². The van der Waals surface area contributed by atoms with Crippen LogP contribution >= 0.6 is 11.6 Å². The van der Waals surface area contributed by atoms with E-state index < -0.39 is 0 Å². The molecule has 0 atom stereocenters. The molecule has 5 nitrogen and oxygen atoms in total. The van der Waals surface area contributed by atoms with Crippen LogP contribution in [0, 0.1) is 12.7 Å². The van der Waals surface area contributed by atoms with Gasteiger partial charge in [0.05, 0.1) is 23.4 Å². The summed E-state index contributed by atoms with van der Waals surface area (Å²) in [5.74, 6) is 1.59. The quantitative estimate of drug-likeness (QED) is 0.271. The lowest BCUT2D eigenvalue weighted by Gasteiger charge is -2.27. The number of nitrogens with zero attached hydrogens (tertiary/aromatic N) is 4. The summed E-state index contributed by atoms with van der Waals surface area (Å²) in [4.78, 5) is 7.50. The molecular weight excluding hydrogens is 463 g/mol. The molecule has 0 bridgehead atoms. The molecular formula is C28H30ClFN4O. The highest BCUT2D eigenvalue weighted by Gasteiger charge is 2.27. The number of aromatic nitrogens is 3. The Hall–Kier alpha value is -3.12. The summed E-state index contributed by atoms with van der Waals surface area (Å²) < 4.78 is 20.9. The van der Waals surface area contributed by atoms with Crippen molar-refractivity contribution in [2.24, 2.45) is 0 Å².